The van der Waals surface area contributed by atoms with Crippen LogP contribution in [0.1, 0.15) is 41.6 Å². The molecule has 2 rings (SSSR count). The van der Waals surface area contributed by atoms with E-state index in [0.717, 1.165) is 6.07 Å². The van der Waals surface area contributed by atoms with Crippen molar-refractivity contribution in [2.75, 3.05) is 34.4 Å². The second-order valence-electron chi connectivity index (χ2n) is 7.31. The van der Waals surface area contributed by atoms with Gasteiger partial charge in [-0.3, -0.25) is 9.59 Å². The largest absolute Gasteiger partial charge is 0.497 e. The Bertz CT molecular complexity index is 877. The highest BCUT2D eigenvalue weighted by atomic mass is 19.1. The summed E-state index contributed by atoms with van der Waals surface area (Å²) in [5, 5.41) is 0. The van der Waals surface area contributed by atoms with E-state index in [1.165, 1.54) is 33.5 Å². The van der Waals surface area contributed by atoms with E-state index < -0.39 is 11.6 Å². The molecule has 0 aromatic heterocycles. The summed E-state index contributed by atoms with van der Waals surface area (Å²) >= 11 is 0. The van der Waals surface area contributed by atoms with Gasteiger partial charge < -0.3 is 19.1 Å². The lowest BCUT2D eigenvalue weighted by Crippen LogP contribution is -2.33. The summed E-state index contributed by atoms with van der Waals surface area (Å²) in [7, 11) is 4.35. The van der Waals surface area contributed by atoms with Gasteiger partial charge in [0.2, 0.25) is 0 Å². The molecule has 2 aromatic carbocycles. The third-order valence-electron chi connectivity index (χ3n) is 4.99. The Hall–Kier alpha value is -3.16. The maximum Gasteiger partial charge on any atom is 0.305 e. The first-order chi connectivity index (χ1) is 15.4. The second-order valence-corrected chi connectivity index (χ2v) is 7.31. The van der Waals surface area contributed by atoms with Gasteiger partial charge in [0.1, 0.15) is 23.1 Å². The van der Waals surface area contributed by atoms with Crippen molar-refractivity contribution in [3.05, 3.63) is 59.2 Å². The summed E-state index contributed by atoms with van der Waals surface area (Å²) in [5.74, 6) is -0.778. The molecule has 0 aliphatic carbocycles. The van der Waals surface area contributed by atoms with Gasteiger partial charge in [0, 0.05) is 37.2 Å². The highest BCUT2D eigenvalue weighted by Crippen LogP contribution is 2.24. The van der Waals surface area contributed by atoms with E-state index in [1.54, 1.807) is 23.1 Å². The van der Waals surface area contributed by atoms with Crippen molar-refractivity contribution in [1.29, 1.82) is 0 Å². The molecule has 0 saturated heterocycles. The molecule has 0 N–H and O–H groups in total. The lowest BCUT2D eigenvalue weighted by Gasteiger charge is -2.23. The molecule has 0 aliphatic rings. The summed E-state index contributed by atoms with van der Waals surface area (Å²) in [6, 6.07) is 8.35. The normalized spacial score (nSPS) is 10.5. The molecular formula is C24H29F2NO5. The van der Waals surface area contributed by atoms with E-state index in [1.807, 2.05) is 0 Å². The van der Waals surface area contributed by atoms with Crippen LogP contribution in [0.25, 0.3) is 0 Å². The molecule has 6 nitrogen and oxygen atoms in total. The smallest absolute Gasteiger partial charge is 0.305 e. The van der Waals surface area contributed by atoms with Crippen LogP contribution in [0.2, 0.25) is 0 Å². The summed E-state index contributed by atoms with van der Waals surface area (Å²) in [6.45, 7) is 0.807. The second kappa shape index (κ2) is 12.6. The summed E-state index contributed by atoms with van der Waals surface area (Å²) in [6.07, 6.45) is 2.40. The SMILES string of the molecule is COC(=O)CCCCN(CCCc1cc(F)cc(F)c1)C(=O)c1cc(OC)cc(OC)c1. The monoisotopic (exact) mass is 449 g/mol. The number of ether oxygens (including phenoxy) is 3. The number of unbranched alkanes of at least 4 members (excludes halogenated alkanes) is 1. The molecular weight excluding hydrogens is 420 g/mol. The van der Waals surface area contributed by atoms with Gasteiger partial charge in [-0.15, -0.1) is 0 Å². The number of amides is 1. The topological polar surface area (TPSA) is 65.1 Å². The predicted octanol–water partition coefficient (Wildman–Crippen LogP) is 4.40. The number of benzene rings is 2. The summed E-state index contributed by atoms with van der Waals surface area (Å²) in [4.78, 5) is 26.2. The number of rotatable bonds is 12. The minimum Gasteiger partial charge on any atom is -0.497 e. The van der Waals surface area contributed by atoms with E-state index in [9.17, 15) is 18.4 Å². The van der Waals surface area contributed by atoms with Gasteiger partial charge in [-0.2, -0.15) is 0 Å². The van der Waals surface area contributed by atoms with Crippen LogP contribution in [-0.4, -0.2) is 51.2 Å². The molecule has 0 fully saturated rings. The van der Waals surface area contributed by atoms with E-state index in [2.05, 4.69) is 4.74 Å². The average molecular weight is 449 g/mol. The summed E-state index contributed by atoms with van der Waals surface area (Å²) in [5.41, 5.74) is 0.939. The van der Waals surface area contributed by atoms with Crippen LogP contribution in [0.15, 0.2) is 36.4 Å². The Morgan fingerprint density at radius 1 is 0.812 bits per heavy atom. The predicted molar refractivity (Wildman–Crippen MR) is 116 cm³/mol. The number of esters is 1. The Morgan fingerprint density at radius 2 is 1.41 bits per heavy atom. The quantitative estimate of drug-likeness (QED) is 0.355. The van der Waals surface area contributed by atoms with Gasteiger partial charge in [-0.05, 0) is 55.5 Å². The summed E-state index contributed by atoms with van der Waals surface area (Å²) < 4.78 is 42.0. The minimum absolute atomic E-state index is 0.217. The maximum atomic E-state index is 13.4. The van der Waals surface area contributed by atoms with Crippen molar-refractivity contribution in [3.63, 3.8) is 0 Å². The van der Waals surface area contributed by atoms with Crippen molar-refractivity contribution < 1.29 is 32.6 Å². The van der Waals surface area contributed by atoms with Gasteiger partial charge in [0.25, 0.3) is 5.91 Å². The maximum absolute atomic E-state index is 13.4. The third-order valence-corrected chi connectivity index (χ3v) is 4.99. The van der Waals surface area contributed by atoms with Crippen molar-refractivity contribution in [3.8, 4) is 11.5 Å². The molecule has 8 heteroatoms. The van der Waals surface area contributed by atoms with Gasteiger partial charge in [-0.25, -0.2) is 8.78 Å². The van der Waals surface area contributed by atoms with E-state index in [-0.39, 0.29) is 18.3 Å². The highest BCUT2D eigenvalue weighted by Gasteiger charge is 2.18. The zero-order valence-electron chi connectivity index (χ0n) is 18.7. The Kier molecular flexibility index (Phi) is 9.91. The number of carbonyl (C=O) groups is 2. The number of halogens is 2. The van der Waals surface area contributed by atoms with Gasteiger partial charge in [0.05, 0.1) is 21.3 Å². The fourth-order valence-corrected chi connectivity index (χ4v) is 3.33. The molecule has 0 heterocycles. The lowest BCUT2D eigenvalue weighted by atomic mass is 10.1. The Labute approximate surface area is 187 Å². The van der Waals surface area contributed by atoms with Gasteiger partial charge in [-0.1, -0.05) is 0 Å². The van der Waals surface area contributed by atoms with Crippen LogP contribution >= 0.6 is 0 Å². The van der Waals surface area contributed by atoms with Crippen molar-refractivity contribution >= 4 is 11.9 Å². The molecule has 0 spiro atoms. The number of nitrogens with zero attached hydrogens (tertiary/aromatic N) is 1. The molecule has 0 unspecified atom stereocenters. The van der Waals surface area contributed by atoms with Crippen molar-refractivity contribution in [2.24, 2.45) is 0 Å². The van der Waals surface area contributed by atoms with Gasteiger partial charge in [0.15, 0.2) is 0 Å². The fraction of sp³-hybridized carbons (Fsp3) is 0.417. The van der Waals surface area contributed by atoms with Crippen LogP contribution in [-0.2, 0) is 16.0 Å². The number of hydrogen-bond donors (Lipinski definition) is 0. The van der Waals surface area contributed by atoms with Crippen molar-refractivity contribution in [1.82, 2.24) is 4.90 Å². The van der Waals surface area contributed by atoms with Crippen LogP contribution in [0.4, 0.5) is 8.78 Å². The third kappa shape index (κ3) is 7.83. The zero-order valence-corrected chi connectivity index (χ0v) is 18.7. The molecule has 1 amide bonds. The number of hydrogen-bond acceptors (Lipinski definition) is 5. The molecule has 174 valence electrons. The first kappa shape index (κ1) is 25.1. The molecule has 2 aromatic rings. The van der Waals surface area contributed by atoms with Crippen LogP contribution in [0.5, 0.6) is 11.5 Å². The minimum atomic E-state index is -0.626. The van der Waals surface area contributed by atoms with Crippen LogP contribution < -0.4 is 9.47 Å². The zero-order chi connectivity index (χ0) is 23.5. The number of methoxy groups -OCH3 is 3. The standard InChI is InChI=1S/C24H29F2NO5/c1-30-21-13-18(14-22(16-21)31-2)24(29)27(9-5-4-8-23(28)32-3)10-6-7-17-11-19(25)15-20(26)12-17/h11-16H,4-10H2,1-3H3. The van der Waals surface area contributed by atoms with E-state index in [0.29, 0.717) is 61.4 Å². The number of aryl methyl sites for hydroxylation is 1. The lowest BCUT2D eigenvalue weighted by molar-refractivity contribution is -0.140. The molecule has 0 aliphatic heterocycles. The van der Waals surface area contributed by atoms with Gasteiger partial charge >= 0.3 is 5.97 Å². The number of carbonyl (C=O) groups excluding carboxylic acids is 2. The van der Waals surface area contributed by atoms with Crippen LogP contribution in [0.3, 0.4) is 0 Å². The van der Waals surface area contributed by atoms with E-state index >= 15 is 0 Å². The first-order valence-corrected chi connectivity index (χ1v) is 10.4. The van der Waals surface area contributed by atoms with Crippen molar-refractivity contribution in [2.45, 2.75) is 32.1 Å². The Morgan fingerprint density at radius 3 is 1.97 bits per heavy atom. The highest BCUT2D eigenvalue weighted by molar-refractivity contribution is 5.95. The molecule has 32 heavy (non-hydrogen) atoms. The van der Waals surface area contributed by atoms with Crippen LogP contribution in [0, 0.1) is 11.6 Å². The average Bonchev–Trinajstić information content (AvgIpc) is 2.78. The first-order valence-electron chi connectivity index (χ1n) is 10.4. The molecule has 0 saturated carbocycles. The molecule has 0 atom stereocenters. The fourth-order valence-electron chi connectivity index (χ4n) is 3.33. The molecule has 0 bridgehead atoms. The Balaban J connectivity index is 2.10. The van der Waals surface area contributed by atoms with E-state index in [4.69, 9.17) is 9.47 Å². The molecule has 0 radical (unpaired) electrons.